The first-order chi connectivity index (χ1) is 8.29. The monoisotopic (exact) mass is 285 g/mol. The van der Waals surface area contributed by atoms with Crippen LogP contribution in [-0.4, -0.2) is 25.5 Å². The molecule has 0 radical (unpaired) electrons. The summed E-state index contributed by atoms with van der Waals surface area (Å²) in [7, 11) is 4.74. The van der Waals surface area contributed by atoms with Gasteiger partial charge in [0.1, 0.15) is 0 Å². The quantitative estimate of drug-likeness (QED) is 0.697. The molecular formula is C16H23FeN. The molecule has 0 aliphatic carbocycles. The van der Waals surface area contributed by atoms with Crippen molar-refractivity contribution >= 4 is 0 Å². The Hall–Kier alpha value is 0.479. The van der Waals surface area contributed by atoms with E-state index in [4.69, 9.17) is 0 Å². The Morgan fingerprint density at radius 3 is 1.72 bits per heavy atom. The van der Waals surface area contributed by atoms with E-state index in [1.54, 1.807) is 6.54 Å². The van der Waals surface area contributed by atoms with Gasteiger partial charge in [-0.2, -0.15) is 0 Å². The van der Waals surface area contributed by atoms with Crippen LogP contribution in [0.25, 0.3) is 0 Å². The summed E-state index contributed by atoms with van der Waals surface area (Å²) in [5.41, 5.74) is 0. The number of hydrogen-bond acceptors (Lipinski definition) is 1. The zero-order valence-electron chi connectivity index (χ0n) is 11.7. The van der Waals surface area contributed by atoms with E-state index in [0.29, 0.717) is 0 Å². The van der Waals surface area contributed by atoms with Crippen LogP contribution in [0.5, 0.6) is 0 Å². The van der Waals surface area contributed by atoms with Gasteiger partial charge in [-0.15, -0.1) is 0 Å². The summed E-state index contributed by atoms with van der Waals surface area (Å²) in [5, 5.41) is 0. The Morgan fingerprint density at radius 1 is 0.944 bits per heavy atom. The van der Waals surface area contributed by atoms with Crippen LogP contribution in [0.4, 0.5) is 0 Å². The zero-order chi connectivity index (χ0) is 11.8. The molecular weight excluding hydrogens is 262 g/mol. The van der Waals surface area contributed by atoms with Gasteiger partial charge >= 0.3 is 99.0 Å². The molecule has 1 spiro atoms. The van der Waals surface area contributed by atoms with E-state index in [1.807, 2.05) is 0 Å². The Labute approximate surface area is 99.0 Å². The second-order valence-corrected chi connectivity index (χ2v) is 35.7. The summed E-state index contributed by atoms with van der Waals surface area (Å²) in [5.74, 6) is 1.09. The van der Waals surface area contributed by atoms with Crippen LogP contribution in [0.15, 0.2) is 0 Å². The van der Waals surface area contributed by atoms with Crippen LogP contribution >= 0.6 is 0 Å². The van der Waals surface area contributed by atoms with Crippen molar-refractivity contribution in [3.8, 4) is 0 Å². The third kappa shape index (κ3) is 0.0700. The van der Waals surface area contributed by atoms with Crippen LogP contribution in [0.1, 0.15) is 13.8 Å². The van der Waals surface area contributed by atoms with E-state index in [-0.39, 0.29) is 0 Å². The van der Waals surface area contributed by atoms with Crippen molar-refractivity contribution in [3.63, 3.8) is 0 Å². The molecule has 0 aromatic carbocycles. The van der Waals surface area contributed by atoms with Crippen LogP contribution in [0, 0.1) is 5.92 Å². The van der Waals surface area contributed by atoms with Crippen molar-refractivity contribution in [1.82, 2.24) is 4.90 Å². The molecule has 0 N–H and O–H groups in total. The third-order valence-electron chi connectivity index (χ3n) is 16.7. The number of fused-ring (bicyclic) bond motifs is 10. The van der Waals surface area contributed by atoms with Gasteiger partial charge in [-0.1, -0.05) is 0 Å². The normalized spacial score (nSPS) is 118. The second-order valence-electron chi connectivity index (χ2n) is 12.4. The maximum absolute atomic E-state index is 2.94. The molecule has 1 nitrogen and oxygen atoms in total. The molecule has 0 bridgehead atoms. The Balaban J connectivity index is 1.58. The van der Waals surface area contributed by atoms with Gasteiger partial charge in [0.2, 0.25) is 0 Å². The molecule has 10 fully saturated rings. The van der Waals surface area contributed by atoms with Gasteiger partial charge in [-0.05, 0) is 0 Å². The van der Waals surface area contributed by atoms with E-state index in [0.717, 1.165) is 14.5 Å². The van der Waals surface area contributed by atoms with Crippen molar-refractivity contribution < 1.29 is 6.51 Å². The van der Waals surface area contributed by atoms with Crippen LogP contribution in [0.2, 0.25) is 47.2 Å². The number of rotatable bonds is 3. The molecule has 10 saturated heterocycles. The van der Waals surface area contributed by atoms with Gasteiger partial charge in [0.25, 0.3) is 0 Å². The van der Waals surface area contributed by atoms with E-state index in [1.165, 1.54) is 38.5 Å². The first kappa shape index (κ1) is 7.48. The molecule has 8 unspecified atom stereocenters. The van der Waals surface area contributed by atoms with Gasteiger partial charge in [0, 0.05) is 0 Å². The number of hydrogen-bond donors (Lipinski definition) is 0. The van der Waals surface area contributed by atoms with Crippen molar-refractivity contribution in [2.24, 2.45) is 5.92 Å². The molecule has 100 valence electrons. The molecule has 10 heterocycles. The predicted molar refractivity (Wildman–Crippen MR) is 68.8 cm³/mol. The molecule has 10 rings (SSSR count). The van der Waals surface area contributed by atoms with Crippen LogP contribution in [-0.2, 0) is 6.51 Å². The van der Waals surface area contributed by atoms with Gasteiger partial charge < -0.3 is 0 Å². The van der Waals surface area contributed by atoms with Crippen molar-refractivity contribution in [2.75, 3.05) is 20.6 Å². The standard InChI is InChI=1S/C8H12N.C8H11.Fe/c1-9(2)7-8-5-3-4-6-8;1-7(2)8-5-3-4-6-8;/h3-6H,7H2,1-2H3;3-7H,1-2H3;. The van der Waals surface area contributed by atoms with E-state index < -0.39 is 6.51 Å². The van der Waals surface area contributed by atoms with E-state index in [9.17, 15) is 0 Å². The average molecular weight is 285 g/mol. The molecule has 0 aromatic rings. The molecule has 0 aromatic heterocycles. The van der Waals surface area contributed by atoms with Crippen LogP contribution in [0.3, 0.4) is 0 Å². The Morgan fingerprint density at radius 2 is 1.44 bits per heavy atom. The molecule has 0 saturated carbocycles. The molecule has 8 atom stereocenters. The van der Waals surface area contributed by atoms with Crippen LogP contribution < -0.4 is 0 Å². The number of nitrogens with zero attached hydrogens (tertiary/aromatic N) is 1. The fourth-order valence-electron chi connectivity index (χ4n) is 19.7. The first-order valence-corrected chi connectivity index (χ1v) is 14.4. The molecule has 10 aliphatic heterocycles. The Bertz CT molecular complexity index is 1010. The summed E-state index contributed by atoms with van der Waals surface area (Å²) in [4.78, 5) is 14.4. The van der Waals surface area contributed by atoms with Crippen molar-refractivity contribution in [2.45, 2.75) is 61.0 Å². The first-order valence-electron chi connectivity index (χ1n) is 8.15. The Kier molecular flexibility index (Phi) is 0.252. The summed E-state index contributed by atoms with van der Waals surface area (Å²) >= 11 is 0. The molecule has 10 aliphatic rings. The SMILES string of the molecule is CC(C)[C]12[CH]3[CH]4[CH]5[CH]1[Fe]45321678[CH]2[CH]1[CH]6[C]7(CN(C)C)[CH]28. The van der Waals surface area contributed by atoms with Gasteiger partial charge in [0.15, 0.2) is 0 Å². The van der Waals surface area contributed by atoms with Gasteiger partial charge in [-0.25, -0.2) is 0 Å². The maximum atomic E-state index is 2.64. The molecule has 18 heavy (non-hydrogen) atoms. The fraction of sp³-hybridized carbons (Fsp3) is 1.00. The summed E-state index contributed by atoms with van der Waals surface area (Å²) in [6, 6.07) is 0. The van der Waals surface area contributed by atoms with E-state index in [2.05, 4.69) is 32.8 Å². The molecule has 0 amide bonds. The summed E-state index contributed by atoms with van der Waals surface area (Å²) < 4.78 is 2.20. The minimum absolute atomic E-state index is 1.09. The minimum atomic E-state index is -2.94. The van der Waals surface area contributed by atoms with E-state index >= 15 is 0 Å². The predicted octanol–water partition coefficient (Wildman–Crippen LogP) is 4.33. The van der Waals surface area contributed by atoms with Gasteiger partial charge in [-0.3, -0.25) is 0 Å². The van der Waals surface area contributed by atoms with Gasteiger partial charge in [0.05, 0.1) is 0 Å². The topological polar surface area (TPSA) is 3.24 Å². The molecule has 2 heteroatoms. The fourth-order valence-corrected chi connectivity index (χ4v) is 99.0. The van der Waals surface area contributed by atoms with Crippen molar-refractivity contribution in [3.05, 3.63) is 0 Å². The third-order valence-corrected chi connectivity index (χ3v) is 60.6. The summed E-state index contributed by atoms with van der Waals surface area (Å²) in [6.07, 6.45) is 0. The average Bonchev–Trinajstić information content (AvgIpc) is 3.22. The second kappa shape index (κ2) is 0.606. The van der Waals surface area contributed by atoms with Crippen molar-refractivity contribution in [1.29, 1.82) is 0 Å². The zero-order valence-corrected chi connectivity index (χ0v) is 12.8. The summed E-state index contributed by atoms with van der Waals surface area (Å²) in [6.45, 7) is 3.90.